The van der Waals surface area contributed by atoms with Gasteiger partial charge in [-0.05, 0) is 62.1 Å². The molecule has 1 atom stereocenters. The molecule has 1 heterocycles. The second kappa shape index (κ2) is 8.21. The molecule has 4 nitrogen and oxygen atoms in total. The summed E-state index contributed by atoms with van der Waals surface area (Å²) in [5.74, 6) is -0.722. The van der Waals surface area contributed by atoms with Gasteiger partial charge in [0.05, 0.1) is 13.2 Å². The summed E-state index contributed by atoms with van der Waals surface area (Å²) >= 11 is 0. The van der Waals surface area contributed by atoms with Gasteiger partial charge in [0.1, 0.15) is 0 Å². The summed E-state index contributed by atoms with van der Waals surface area (Å²) in [6.07, 6.45) is 3.79. The smallest absolute Gasteiger partial charge is 0.251 e. The second-order valence-corrected chi connectivity index (χ2v) is 6.68. The van der Waals surface area contributed by atoms with Crippen LogP contribution in [0.3, 0.4) is 0 Å². The number of hydrogen-bond donors (Lipinski definition) is 1. The lowest BCUT2D eigenvalue weighted by Gasteiger charge is -2.29. The van der Waals surface area contributed by atoms with Crippen molar-refractivity contribution in [1.29, 1.82) is 0 Å². The summed E-state index contributed by atoms with van der Waals surface area (Å²) in [7, 11) is 1.40. The van der Waals surface area contributed by atoms with Gasteiger partial charge in [0.2, 0.25) is 0 Å². The van der Waals surface area contributed by atoms with Gasteiger partial charge in [-0.2, -0.15) is 0 Å². The Hall–Kier alpha value is -2.56. The fourth-order valence-electron chi connectivity index (χ4n) is 3.30. The van der Waals surface area contributed by atoms with Crippen LogP contribution in [-0.2, 0) is 0 Å². The average Bonchev–Trinajstić information content (AvgIpc) is 2.68. The van der Waals surface area contributed by atoms with Crippen LogP contribution in [0.25, 0.3) is 0 Å². The van der Waals surface area contributed by atoms with Gasteiger partial charge < -0.3 is 15.0 Å². The molecule has 26 heavy (non-hydrogen) atoms. The summed E-state index contributed by atoms with van der Waals surface area (Å²) in [6, 6.07) is 12.4. The number of halogens is 1. The number of piperidine rings is 1. The molecule has 138 valence electrons. The summed E-state index contributed by atoms with van der Waals surface area (Å²) in [5.41, 5.74) is 2.53. The van der Waals surface area contributed by atoms with E-state index in [0.717, 1.165) is 18.7 Å². The predicted octanol–water partition coefficient (Wildman–Crippen LogP) is 4.32. The van der Waals surface area contributed by atoms with E-state index in [1.807, 2.05) is 19.1 Å². The Kier molecular flexibility index (Phi) is 5.76. The Morgan fingerprint density at radius 2 is 1.81 bits per heavy atom. The summed E-state index contributed by atoms with van der Waals surface area (Å²) in [4.78, 5) is 14.8. The first-order valence-electron chi connectivity index (χ1n) is 9.08. The number of nitrogens with one attached hydrogen (secondary N) is 1. The van der Waals surface area contributed by atoms with Crippen LogP contribution in [0.1, 0.15) is 48.1 Å². The van der Waals surface area contributed by atoms with E-state index < -0.39 is 5.82 Å². The lowest BCUT2D eigenvalue weighted by Crippen LogP contribution is -2.29. The van der Waals surface area contributed by atoms with Gasteiger partial charge in [-0.15, -0.1) is 0 Å². The van der Waals surface area contributed by atoms with Crippen LogP contribution in [0.5, 0.6) is 5.75 Å². The highest BCUT2D eigenvalue weighted by molar-refractivity contribution is 5.94. The molecule has 2 aromatic carbocycles. The molecule has 3 rings (SSSR count). The molecule has 2 aromatic rings. The molecule has 1 amide bonds. The van der Waals surface area contributed by atoms with Crippen LogP contribution in [0.15, 0.2) is 42.5 Å². The van der Waals surface area contributed by atoms with Crippen molar-refractivity contribution in [3.63, 3.8) is 0 Å². The molecule has 0 saturated carbocycles. The lowest BCUT2D eigenvalue weighted by atomic mass is 10.1. The van der Waals surface area contributed by atoms with Crippen LogP contribution in [0.2, 0.25) is 0 Å². The fourth-order valence-corrected chi connectivity index (χ4v) is 3.30. The molecule has 0 bridgehead atoms. The molecule has 1 aliphatic rings. The second-order valence-electron chi connectivity index (χ2n) is 6.68. The standard InChI is InChI=1S/C21H25FN2O2/c1-15(23-21(25)17-8-11-20(26-2)19(22)14-17)16-6-9-18(10-7-16)24-12-4-3-5-13-24/h6-11,14-15H,3-5,12-13H2,1-2H3,(H,23,25)/t15-/m1/s1. The molecule has 0 aliphatic carbocycles. The minimum Gasteiger partial charge on any atom is -0.494 e. The first kappa shape index (κ1) is 18.2. The number of amides is 1. The molecular formula is C21H25FN2O2. The van der Waals surface area contributed by atoms with Crippen molar-refractivity contribution in [3.8, 4) is 5.75 Å². The van der Waals surface area contributed by atoms with Gasteiger partial charge in [0, 0.05) is 24.3 Å². The van der Waals surface area contributed by atoms with Crippen LogP contribution in [0.4, 0.5) is 10.1 Å². The Balaban J connectivity index is 1.64. The molecule has 5 heteroatoms. The van der Waals surface area contributed by atoms with Gasteiger partial charge in [0.25, 0.3) is 5.91 Å². The van der Waals surface area contributed by atoms with Crippen LogP contribution in [0, 0.1) is 5.82 Å². The first-order valence-corrected chi connectivity index (χ1v) is 9.08. The number of carbonyl (C=O) groups is 1. The number of carbonyl (C=O) groups excluding carboxylic acids is 1. The van der Waals surface area contributed by atoms with Crippen LogP contribution >= 0.6 is 0 Å². The number of hydrogen-bond acceptors (Lipinski definition) is 3. The molecule has 0 unspecified atom stereocenters. The van der Waals surface area contributed by atoms with E-state index in [1.54, 1.807) is 6.07 Å². The normalized spacial score (nSPS) is 15.4. The van der Waals surface area contributed by atoms with E-state index in [1.165, 1.54) is 44.2 Å². The molecule has 0 aromatic heterocycles. The number of rotatable bonds is 5. The SMILES string of the molecule is COc1ccc(C(=O)N[C@H](C)c2ccc(N3CCCCC3)cc2)cc1F. The summed E-state index contributed by atoms with van der Waals surface area (Å²) < 4.78 is 18.7. The Morgan fingerprint density at radius 3 is 2.42 bits per heavy atom. The van der Waals surface area contributed by atoms with Gasteiger partial charge in [-0.3, -0.25) is 4.79 Å². The maximum Gasteiger partial charge on any atom is 0.251 e. The minimum atomic E-state index is -0.543. The summed E-state index contributed by atoms with van der Waals surface area (Å²) in [5, 5.41) is 2.92. The molecule has 0 spiro atoms. The maximum atomic E-state index is 13.8. The predicted molar refractivity (Wildman–Crippen MR) is 101 cm³/mol. The van der Waals surface area contributed by atoms with E-state index in [4.69, 9.17) is 4.74 Å². The van der Waals surface area contributed by atoms with Crippen molar-refractivity contribution in [1.82, 2.24) is 5.32 Å². The number of anilines is 1. The van der Waals surface area contributed by atoms with E-state index in [9.17, 15) is 9.18 Å². The molecule has 1 aliphatic heterocycles. The van der Waals surface area contributed by atoms with Crippen molar-refractivity contribution in [3.05, 3.63) is 59.4 Å². The van der Waals surface area contributed by atoms with Crippen molar-refractivity contribution >= 4 is 11.6 Å². The molecule has 0 radical (unpaired) electrons. The first-order chi connectivity index (χ1) is 12.6. The van der Waals surface area contributed by atoms with Gasteiger partial charge in [-0.1, -0.05) is 12.1 Å². The van der Waals surface area contributed by atoms with Crippen molar-refractivity contribution < 1.29 is 13.9 Å². The number of benzene rings is 2. The third-order valence-corrected chi connectivity index (χ3v) is 4.88. The number of nitrogens with zero attached hydrogens (tertiary/aromatic N) is 1. The number of methoxy groups -OCH3 is 1. The van der Waals surface area contributed by atoms with Gasteiger partial charge in [0.15, 0.2) is 11.6 Å². The third-order valence-electron chi connectivity index (χ3n) is 4.88. The zero-order valence-electron chi connectivity index (χ0n) is 15.3. The third kappa shape index (κ3) is 4.15. The van der Waals surface area contributed by atoms with E-state index in [2.05, 4.69) is 22.3 Å². The van der Waals surface area contributed by atoms with Crippen molar-refractivity contribution in [2.45, 2.75) is 32.2 Å². The number of ether oxygens (including phenoxy) is 1. The minimum absolute atomic E-state index is 0.128. The molecular weight excluding hydrogens is 331 g/mol. The zero-order chi connectivity index (χ0) is 18.5. The monoisotopic (exact) mass is 356 g/mol. The van der Waals surface area contributed by atoms with Gasteiger partial charge in [-0.25, -0.2) is 4.39 Å². The van der Waals surface area contributed by atoms with E-state index in [0.29, 0.717) is 0 Å². The maximum absolute atomic E-state index is 13.8. The van der Waals surface area contributed by atoms with Crippen molar-refractivity contribution in [2.24, 2.45) is 0 Å². The fraction of sp³-hybridized carbons (Fsp3) is 0.381. The summed E-state index contributed by atoms with van der Waals surface area (Å²) in [6.45, 7) is 4.14. The average molecular weight is 356 g/mol. The topological polar surface area (TPSA) is 41.6 Å². The molecule has 1 fully saturated rings. The Bertz CT molecular complexity index is 755. The zero-order valence-corrected chi connectivity index (χ0v) is 15.3. The largest absolute Gasteiger partial charge is 0.494 e. The van der Waals surface area contributed by atoms with Crippen LogP contribution < -0.4 is 15.0 Å². The van der Waals surface area contributed by atoms with Gasteiger partial charge >= 0.3 is 0 Å². The Labute approximate surface area is 154 Å². The Morgan fingerprint density at radius 1 is 1.12 bits per heavy atom. The highest BCUT2D eigenvalue weighted by Crippen LogP contribution is 2.23. The quantitative estimate of drug-likeness (QED) is 0.868. The van der Waals surface area contributed by atoms with E-state index in [-0.39, 0.29) is 23.3 Å². The molecule has 1 saturated heterocycles. The molecule has 1 N–H and O–H groups in total. The lowest BCUT2D eigenvalue weighted by molar-refractivity contribution is 0.0939. The highest BCUT2D eigenvalue weighted by atomic mass is 19.1. The van der Waals surface area contributed by atoms with Crippen molar-refractivity contribution in [2.75, 3.05) is 25.1 Å². The highest BCUT2D eigenvalue weighted by Gasteiger charge is 2.15. The van der Waals surface area contributed by atoms with Crippen LogP contribution in [-0.4, -0.2) is 26.1 Å². The van der Waals surface area contributed by atoms with E-state index >= 15 is 0 Å².